The van der Waals surface area contributed by atoms with Crippen LogP contribution in [-0.2, 0) is 22.8 Å². The Labute approximate surface area is 161 Å². The van der Waals surface area contributed by atoms with E-state index in [2.05, 4.69) is 4.98 Å². The van der Waals surface area contributed by atoms with Gasteiger partial charge in [0.2, 0.25) is 0 Å². The van der Waals surface area contributed by atoms with Gasteiger partial charge in [-0.15, -0.1) is 0 Å². The highest BCUT2D eigenvalue weighted by molar-refractivity contribution is 7.91. The van der Waals surface area contributed by atoms with E-state index in [1.807, 2.05) is 24.3 Å². The molecule has 0 saturated carbocycles. The van der Waals surface area contributed by atoms with Crippen molar-refractivity contribution < 1.29 is 22.3 Å². The zero-order valence-electron chi connectivity index (χ0n) is 15.1. The summed E-state index contributed by atoms with van der Waals surface area (Å²) in [6.07, 6.45) is -0.142. The van der Waals surface area contributed by atoms with Crippen LogP contribution in [0.3, 0.4) is 0 Å². The number of rotatable bonds is 5. The molecule has 0 unspecified atom stereocenters. The molecule has 8 heteroatoms. The second-order valence-electron chi connectivity index (χ2n) is 7.28. The monoisotopic (exact) mass is 406 g/mol. The number of hydrogen-bond acceptors (Lipinski definition) is 4. The third kappa shape index (κ3) is 3.79. The normalized spacial score (nSPS) is 19.9. The minimum absolute atomic E-state index is 0.00794. The zero-order valence-corrected chi connectivity index (χ0v) is 15.9. The molecule has 0 amide bonds. The molecule has 5 nitrogen and oxygen atoms in total. The van der Waals surface area contributed by atoms with Gasteiger partial charge in [0.1, 0.15) is 17.5 Å². The van der Waals surface area contributed by atoms with E-state index in [-0.39, 0.29) is 29.5 Å². The van der Waals surface area contributed by atoms with Gasteiger partial charge in [-0.1, -0.05) is 18.2 Å². The molecular formula is C20H20F2N2O3S. The molecule has 2 heterocycles. The molecule has 0 spiro atoms. The van der Waals surface area contributed by atoms with E-state index in [4.69, 9.17) is 0 Å². The molecule has 3 aromatic rings. The number of halogens is 2. The lowest BCUT2D eigenvalue weighted by Crippen LogP contribution is -2.16. The first-order valence-electron chi connectivity index (χ1n) is 9.10. The van der Waals surface area contributed by atoms with Crippen LogP contribution >= 0.6 is 0 Å². The number of aliphatic hydroxyl groups is 1. The maximum Gasteiger partial charge on any atom is 0.150 e. The lowest BCUT2D eigenvalue weighted by molar-refractivity contribution is 0.152. The number of aromatic nitrogens is 2. The Balaban J connectivity index is 1.67. The molecule has 0 aliphatic carbocycles. The highest BCUT2D eigenvalue weighted by atomic mass is 32.2. The highest BCUT2D eigenvalue weighted by Gasteiger charge is 2.29. The summed E-state index contributed by atoms with van der Waals surface area (Å²) in [4.78, 5) is 4.61. The molecule has 28 heavy (non-hydrogen) atoms. The van der Waals surface area contributed by atoms with Crippen molar-refractivity contribution in [2.75, 3.05) is 11.5 Å². The zero-order chi connectivity index (χ0) is 19.9. The molecule has 148 valence electrons. The van der Waals surface area contributed by atoms with Gasteiger partial charge >= 0.3 is 0 Å². The molecule has 0 radical (unpaired) electrons. The van der Waals surface area contributed by atoms with Crippen LogP contribution in [0.15, 0.2) is 42.5 Å². The fraction of sp³-hybridized carbons (Fsp3) is 0.350. The van der Waals surface area contributed by atoms with Crippen LogP contribution < -0.4 is 0 Å². The van der Waals surface area contributed by atoms with Crippen LogP contribution in [-0.4, -0.2) is 34.6 Å². The van der Waals surface area contributed by atoms with Crippen molar-refractivity contribution in [3.8, 4) is 0 Å². The van der Waals surface area contributed by atoms with Gasteiger partial charge in [0, 0.05) is 18.1 Å². The average molecular weight is 406 g/mol. The number of fused-ring (bicyclic) bond motifs is 1. The van der Waals surface area contributed by atoms with E-state index in [0.29, 0.717) is 18.7 Å². The van der Waals surface area contributed by atoms with Crippen molar-refractivity contribution in [2.24, 2.45) is 5.92 Å². The van der Waals surface area contributed by atoms with Crippen molar-refractivity contribution in [2.45, 2.75) is 25.5 Å². The second-order valence-corrected chi connectivity index (χ2v) is 9.51. The Morgan fingerprint density at radius 3 is 2.71 bits per heavy atom. The van der Waals surface area contributed by atoms with Crippen molar-refractivity contribution in [1.29, 1.82) is 0 Å². The molecule has 1 N–H and O–H groups in total. The Bertz CT molecular complexity index is 1130. The SMILES string of the molecule is O=S1(=O)CC[C@@H](Cc2nc3ccccc3n2C[C@H](O)c2ccc(F)cc2F)C1. The smallest absolute Gasteiger partial charge is 0.150 e. The number of benzene rings is 2. The summed E-state index contributed by atoms with van der Waals surface area (Å²) in [7, 11) is -3.01. The number of hydrogen-bond donors (Lipinski definition) is 1. The number of aliphatic hydroxyl groups excluding tert-OH is 1. The van der Waals surface area contributed by atoms with Crippen LogP contribution in [0.1, 0.15) is 23.9 Å². The first-order valence-corrected chi connectivity index (χ1v) is 10.9. The van der Waals surface area contributed by atoms with Crippen molar-refractivity contribution in [1.82, 2.24) is 9.55 Å². The molecule has 1 aliphatic rings. The third-order valence-corrected chi connectivity index (χ3v) is 7.05. The van der Waals surface area contributed by atoms with Gasteiger partial charge in [-0.2, -0.15) is 0 Å². The van der Waals surface area contributed by atoms with Gasteiger partial charge in [-0.25, -0.2) is 22.2 Å². The summed E-state index contributed by atoms with van der Waals surface area (Å²) in [6.45, 7) is 0.0396. The van der Waals surface area contributed by atoms with Gasteiger partial charge in [0.25, 0.3) is 0 Å². The topological polar surface area (TPSA) is 72.2 Å². The maximum absolute atomic E-state index is 14.1. The van der Waals surface area contributed by atoms with Crippen molar-refractivity contribution >= 4 is 20.9 Å². The van der Waals surface area contributed by atoms with Crippen LogP contribution in [0.4, 0.5) is 8.78 Å². The second kappa shape index (κ2) is 7.25. The summed E-state index contributed by atoms with van der Waals surface area (Å²) in [5.74, 6) is -0.567. The van der Waals surface area contributed by atoms with Crippen LogP contribution in [0.5, 0.6) is 0 Å². The third-order valence-electron chi connectivity index (χ3n) is 5.21. The lowest BCUT2D eigenvalue weighted by atomic mass is 10.0. The van der Waals surface area contributed by atoms with Gasteiger partial charge in [0.05, 0.1) is 35.2 Å². The van der Waals surface area contributed by atoms with Crippen LogP contribution in [0.25, 0.3) is 11.0 Å². The van der Waals surface area contributed by atoms with Gasteiger partial charge in [-0.05, 0) is 30.5 Å². The molecule has 2 atom stereocenters. The summed E-state index contributed by atoms with van der Waals surface area (Å²) >= 11 is 0. The van der Waals surface area contributed by atoms with Gasteiger partial charge in [0.15, 0.2) is 9.84 Å². The molecule has 1 fully saturated rings. The summed E-state index contributed by atoms with van der Waals surface area (Å²) in [5, 5.41) is 10.6. The number of imidazole rings is 1. The number of nitrogens with zero attached hydrogens (tertiary/aromatic N) is 2. The highest BCUT2D eigenvalue weighted by Crippen LogP contribution is 2.27. The molecule has 1 saturated heterocycles. The fourth-order valence-electron chi connectivity index (χ4n) is 3.82. The van der Waals surface area contributed by atoms with Gasteiger partial charge in [-0.3, -0.25) is 0 Å². The fourth-order valence-corrected chi connectivity index (χ4v) is 5.68. The molecule has 1 aliphatic heterocycles. The minimum atomic E-state index is -3.01. The first kappa shape index (κ1) is 19.0. The number of sulfone groups is 1. The first-order chi connectivity index (χ1) is 13.3. The molecule has 2 aromatic carbocycles. The lowest BCUT2D eigenvalue weighted by Gasteiger charge is -2.17. The Morgan fingerprint density at radius 1 is 1.21 bits per heavy atom. The largest absolute Gasteiger partial charge is 0.386 e. The predicted octanol–water partition coefficient (Wildman–Crippen LogP) is 3.03. The average Bonchev–Trinajstić information content (AvgIpc) is 3.15. The van der Waals surface area contributed by atoms with E-state index in [0.717, 1.165) is 23.2 Å². The van der Waals surface area contributed by atoms with E-state index >= 15 is 0 Å². The molecule has 0 bridgehead atoms. The standard InChI is InChI=1S/C20H20F2N2O3S/c21-14-5-6-15(16(22)10-14)19(25)11-24-18-4-2-1-3-17(18)23-20(24)9-13-7-8-28(26,27)12-13/h1-6,10,13,19,25H,7-9,11-12H2/t13-,19-/m0/s1. The van der Waals surface area contributed by atoms with Crippen molar-refractivity contribution in [3.63, 3.8) is 0 Å². The molecule has 1 aromatic heterocycles. The molecular weight excluding hydrogens is 386 g/mol. The van der Waals surface area contributed by atoms with Crippen LogP contribution in [0.2, 0.25) is 0 Å². The predicted molar refractivity (Wildman–Crippen MR) is 102 cm³/mol. The van der Waals surface area contributed by atoms with E-state index in [1.165, 1.54) is 6.07 Å². The summed E-state index contributed by atoms with van der Waals surface area (Å²) < 4.78 is 52.6. The Hall–Kier alpha value is -2.32. The van der Waals surface area contributed by atoms with E-state index in [1.54, 1.807) is 4.57 Å². The Morgan fingerprint density at radius 2 is 2.00 bits per heavy atom. The molecule has 4 rings (SSSR count). The Kier molecular flexibility index (Phi) is 4.93. The van der Waals surface area contributed by atoms with Crippen molar-refractivity contribution in [3.05, 3.63) is 65.5 Å². The quantitative estimate of drug-likeness (QED) is 0.707. The van der Waals surface area contributed by atoms with Crippen LogP contribution in [0, 0.1) is 17.6 Å². The summed E-state index contributed by atoms with van der Waals surface area (Å²) in [6, 6.07) is 10.5. The van der Waals surface area contributed by atoms with Gasteiger partial charge < -0.3 is 9.67 Å². The van der Waals surface area contributed by atoms with E-state index in [9.17, 15) is 22.3 Å². The van der Waals surface area contributed by atoms with E-state index < -0.39 is 27.6 Å². The summed E-state index contributed by atoms with van der Waals surface area (Å²) in [5.41, 5.74) is 1.51. The maximum atomic E-state index is 14.1. The number of para-hydroxylation sites is 2. The minimum Gasteiger partial charge on any atom is -0.386 e.